The van der Waals surface area contributed by atoms with E-state index in [-0.39, 0.29) is 24.1 Å². The molecule has 0 aliphatic carbocycles. The molecule has 0 aromatic heterocycles. The first-order valence-electron chi connectivity index (χ1n) is 8.69. The smallest absolute Gasteiger partial charge is 0.410 e. The minimum atomic E-state index is -0.512. The summed E-state index contributed by atoms with van der Waals surface area (Å²) in [7, 11) is 0. The number of amides is 1. The zero-order valence-corrected chi connectivity index (χ0v) is 15.5. The number of nitrogens with zero attached hydrogens (tertiary/aromatic N) is 1. The van der Waals surface area contributed by atoms with Gasteiger partial charge < -0.3 is 19.7 Å². The highest BCUT2D eigenvalue weighted by Gasteiger charge is 2.33. The molecule has 3 rings (SSSR count). The van der Waals surface area contributed by atoms with E-state index in [2.05, 4.69) is 12.2 Å². The molecule has 0 unspecified atom stereocenters. The number of rotatable bonds is 1. The third kappa shape index (κ3) is 3.63. The van der Waals surface area contributed by atoms with Crippen LogP contribution in [0, 0.1) is 6.92 Å². The summed E-state index contributed by atoms with van der Waals surface area (Å²) in [6, 6.07) is 3.93. The second-order valence-electron chi connectivity index (χ2n) is 7.89. The van der Waals surface area contributed by atoms with Gasteiger partial charge in [0.2, 0.25) is 0 Å². The Hall–Kier alpha value is -2.08. The summed E-state index contributed by atoms with van der Waals surface area (Å²) in [5.41, 5.74) is 3.23. The zero-order chi connectivity index (χ0) is 18.4. The van der Waals surface area contributed by atoms with E-state index in [4.69, 9.17) is 9.47 Å². The van der Waals surface area contributed by atoms with Gasteiger partial charge in [-0.05, 0) is 51.8 Å². The fourth-order valence-electron chi connectivity index (χ4n) is 3.48. The second kappa shape index (κ2) is 6.33. The number of carbonyl (C=O) groups excluding carboxylic acids is 2. The second-order valence-corrected chi connectivity index (χ2v) is 7.89. The van der Waals surface area contributed by atoms with Crippen LogP contribution in [-0.2, 0) is 16.1 Å². The summed E-state index contributed by atoms with van der Waals surface area (Å²) in [4.78, 5) is 25.9. The van der Waals surface area contributed by atoms with Crippen molar-refractivity contribution in [2.24, 2.45) is 0 Å². The molecule has 2 aliphatic rings. The van der Waals surface area contributed by atoms with Crippen LogP contribution in [0.25, 0.3) is 0 Å². The average molecular weight is 346 g/mol. The summed E-state index contributed by atoms with van der Waals surface area (Å²) < 4.78 is 10.7. The molecule has 2 heterocycles. The zero-order valence-electron chi connectivity index (χ0n) is 15.5. The molecule has 1 fully saturated rings. The van der Waals surface area contributed by atoms with Crippen molar-refractivity contribution in [3.05, 3.63) is 34.4 Å². The lowest BCUT2D eigenvalue weighted by atomic mass is 9.92. The number of nitrogens with one attached hydrogen (secondary N) is 1. The molecule has 25 heavy (non-hydrogen) atoms. The highest BCUT2D eigenvalue weighted by atomic mass is 16.6. The van der Waals surface area contributed by atoms with E-state index in [0.717, 1.165) is 16.7 Å². The SMILES string of the molecule is Cc1c([C@@H]2CN(C(=O)OC(C)(C)C)C[C@H](C)N2)ccc2c1COC2=O. The third-order valence-electron chi connectivity index (χ3n) is 4.62. The number of ether oxygens (including phenoxy) is 2. The number of fused-ring (bicyclic) bond motifs is 1. The first kappa shape index (κ1) is 17.7. The Morgan fingerprint density at radius 3 is 2.72 bits per heavy atom. The lowest BCUT2D eigenvalue weighted by molar-refractivity contribution is 0.0158. The Morgan fingerprint density at radius 2 is 2.04 bits per heavy atom. The molecule has 0 saturated carbocycles. The minimum absolute atomic E-state index is 0.00253. The normalized spacial score (nSPS) is 23.2. The highest BCUT2D eigenvalue weighted by Crippen LogP contribution is 2.31. The van der Waals surface area contributed by atoms with Crippen LogP contribution < -0.4 is 5.32 Å². The van der Waals surface area contributed by atoms with E-state index in [9.17, 15) is 9.59 Å². The van der Waals surface area contributed by atoms with Gasteiger partial charge in [-0.3, -0.25) is 0 Å². The molecule has 2 atom stereocenters. The van der Waals surface area contributed by atoms with Crippen molar-refractivity contribution >= 4 is 12.1 Å². The van der Waals surface area contributed by atoms with Crippen LogP contribution in [0.2, 0.25) is 0 Å². The Balaban J connectivity index is 1.83. The van der Waals surface area contributed by atoms with Gasteiger partial charge in [-0.1, -0.05) is 6.07 Å². The van der Waals surface area contributed by atoms with Crippen molar-refractivity contribution in [3.8, 4) is 0 Å². The number of cyclic esters (lactones) is 1. The van der Waals surface area contributed by atoms with Gasteiger partial charge in [0.05, 0.1) is 11.6 Å². The van der Waals surface area contributed by atoms with E-state index in [1.165, 1.54) is 0 Å². The van der Waals surface area contributed by atoms with Crippen molar-refractivity contribution in [2.75, 3.05) is 13.1 Å². The third-order valence-corrected chi connectivity index (χ3v) is 4.62. The van der Waals surface area contributed by atoms with Crippen LogP contribution in [0.15, 0.2) is 12.1 Å². The molecule has 1 amide bonds. The average Bonchev–Trinajstić information content (AvgIpc) is 2.87. The minimum Gasteiger partial charge on any atom is -0.457 e. The molecule has 1 N–H and O–H groups in total. The molecule has 0 spiro atoms. The molecule has 2 aliphatic heterocycles. The van der Waals surface area contributed by atoms with Crippen molar-refractivity contribution in [1.82, 2.24) is 10.2 Å². The van der Waals surface area contributed by atoms with Gasteiger partial charge in [0.1, 0.15) is 12.2 Å². The summed E-state index contributed by atoms with van der Waals surface area (Å²) >= 11 is 0. The fourth-order valence-corrected chi connectivity index (χ4v) is 3.48. The Kier molecular flexibility index (Phi) is 4.49. The van der Waals surface area contributed by atoms with Crippen molar-refractivity contribution in [1.29, 1.82) is 0 Å². The first-order chi connectivity index (χ1) is 11.7. The van der Waals surface area contributed by atoms with Crippen LogP contribution in [0.3, 0.4) is 0 Å². The molecule has 0 radical (unpaired) electrons. The molecule has 1 aromatic rings. The van der Waals surface area contributed by atoms with E-state index in [0.29, 0.717) is 25.3 Å². The quantitative estimate of drug-likeness (QED) is 0.792. The number of benzene rings is 1. The number of esters is 1. The topological polar surface area (TPSA) is 67.9 Å². The lowest BCUT2D eigenvalue weighted by Gasteiger charge is -2.39. The van der Waals surface area contributed by atoms with E-state index in [1.54, 1.807) is 4.90 Å². The van der Waals surface area contributed by atoms with E-state index in [1.807, 2.05) is 39.8 Å². The predicted molar refractivity (Wildman–Crippen MR) is 93.4 cm³/mol. The van der Waals surface area contributed by atoms with Gasteiger partial charge >= 0.3 is 12.1 Å². The van der Waals surface area contributed by atoms with Gasteiger partial charge in [0.15, 0.2) is 0 Å². The molecule has 0 bridgehead atoms. The van der Waals surface area contributed by atoms with Crippen LogP contribution >= 0.6 is 0 Å². The van der Waals surface area contributed by atoms with Crippen LogP contribution in [0.4, 0.5) is 4.79 Å². The molecule has 1 aromatic carbocycles. The monoisotopic (exact) mass is 346 g/mol. The first-order valence-corrected chi connectivity index (χ1v) is 8.69. The van der Waals surface area contributed by atoms with Crippen LogP contribution in [0.5, 0.6) is 0 Å². The maximum Gasteiger partial charge on any atom is 0.410 e. The fraction of sp³-hybridized carbons (Fsp3) is 0.579. The van der Waals surface area contributed by atoms with Crippen molar-refractivity contribution in [3.63, 3.8) is 0 Å². The molecule has 136 valence electrons. The van der Waals surface area contributed by atoms with Crippen LogP contribution in [0.1, 0.15) is 60.8 Å². The standard InChI is InChI=1S/C19H26N2O4/c1-11-8-21(18(23)25-19(3,4)5)9-16(20-11)13-6-7-14-15(12(13)2)10-24-17(14)22/h6-7,11,16,20H,8-10H2,1-5H3/t11-,16-/m0/s1. The van der Waals surface area contributed by atoms with Gasteiger partial charge in [-0.15, -0.1) is 0 Å². The van der Waals surface area contributed by atoms with Gasteiger partial charge in [0.25, 0.3) is 0 Å². The van der Waals surface area contributed by atoms with Gasteiger partial charge in [-0.2, -0.15) is 0 Å². The van der Waals surface area contributed by atoms with Crippen molar-refractivity contribution in [2.45, 2.75) is 58.9 Å². The van der Waals surface area contributed by atoms with Crippen molar-refractivity contribution < 1.29 is 19.1 Å². The number of carbonyl (C=O) groups is 2. The maximum absolute atomic E-state index is 12.5. The number of hydrogen-bond acceptors (Lipinski definition) is 5. The van der Waals surface area contributed by atoms with E-state index >= 15 is 0 Å². The van der Waals surface area contributed by atoms with E-state index < -0.39 is 5.60 Å². The van der Waals surface area contributed by atoms with Gasteiger partial charge in [0, 0.05) is 24.7 Å². The molecular weight excluding hydrogens is 320 g/mol. The predicted octanol–water partition coefficient (Wildman–Crippen LogP) is 2.94. The summed E-state index contributed by atoms with van der Waals surface area (Å²) in [6.45, 7) is 11.1. The summed E-state index contributed by atoms with van der Waals surface area (Å²) in [6.07, 6.45) is -0.289. The largest absolute Gasteiger partial charge is 0.457 e. The maximum atomic E-state index is 12.5. The highest BCUT2D eigenvalue weighted by molar-refractivity contribution is 5.94. The lowest BCUT2D eigenvalue weighted by Crippen LogP contribution is -2.54. The number of hydrogen-bond donors (Lipinski definition) is 1. The molecular formula is C19H26N2O4. The molecule has 6 heteroatoms. The number of piperazine rings is 1. The summed E-state index contributed by atoms with van der Waals surface area (Å²) in [5.74, 6) is -0.259. The van der Waals surface area contributed by atoms with Crippen LogP contribution in [-0.4, -0.2) is 41.7 Å². The van der Waals surface area contributed by atoms with Gasteiger partial charge in [-0.25, -0.2) is 9.59 Å². The Morgan fingerprint density at radius 1 is 1.32 bits per heavy atom. The summed E-state index contributed by atoms with van der Waals surface area (Å²) in [5, 5.41) is 3.55. The Labute approximate surface area is 148 Å². The Bertz CT molecular complexity index is 708. The molecule has 6 nitrogen and oxygen atoms in total. The molecule has 1 saturated heterocycles.